The molecule has 0 fully saturated rings. The van der Waals surface area contributed by atoms with E-state index in [0.717, 1.165) is 24.3 Å². The first-order valence-corrected chi connectivity index (χ1v) is 5.23. The van der Waals surface area contributed by atoms with Crippen LogP contribution in [0.1, 0.15) is 17.5 Å². The minimum atomic E-state index is 0.940. The highest BCUT2D eigenvalue weighted by Gasteiger charge is 1.98. The summed E-state index contributed by atoms with van der Waals surface area (Å²) in [6.45, 7) is 3.07. The molecule has 0 aliphatic rings. The van der Waals surface area contributed by atoms with E-state index in [1.54, 1.807) is 7.11 Å². The quantitative estimate of drug-likeness (QED) is 0.746. The second-order valence-electron chi connectivity index (χ2n) is 3.54. The van der Waals surface area contributed by atoms with E-state index in [4.69, 9.17) is 4.74 Å². The van der Waals surface area contributed by atoms with Crippen LogP contribution in [0.25, 0.3) is 6.08 Å². The van der Waals surface area contributed by atoms with E-state index < -0.39 is 0 Å². The molecule has 0 atom stereocenters. The summed E-state index contributed by atoms with van der Waals surface area (Å²) in [6.07, 6.45) is 5.30. The Morgan fingerprint density at radius 3 is 2.87 bits per heavy atom. The molecule has 1 aromatic rings. The molecule has 0 saturated heterocycles. The maximum Gasteiger partial charge on any atom is 0.126 e. The summed E-state index contributed by atoms with van der Waals surface area (Å²) in [5.41, 5.74) is 2.36. The molecule has 0 spiro atoms. The van der Waals surface area contributed by atoms with E-state index in [1.165, 1.54) is 5.56 Å². The van der Waals surface area contributed by atoms with Gasteiger partial charge in [0.1, 0.15) is 5.75 Å². The molecule has 0 amide bonds. The predicted octanol–water partition coefficient (Wildman–Crippen LogP) is 2.63. The van der Waals surface area contributed by atoms with Crippen LogP contribution < -0.4 is 10.1 Å². The molecule has 0 aliphatic heterocycles. The maximum atomic E-state index is 5.32. The monoisotopic (exact) mass is 205 g/mol. The third-order valence-corrected chi connectivity index (χ3v) is 2.25. The molecular weight excluding hydrogens is 186 g/mol. The lowest BCUT2D eigenvalue weighted by atomic mass is 10.1. The minimum Gasteiger partial charge on any atom is -0.496 e. The standard InChI is InChI=1S/C13H19NO/c1-11-7-8-12(13(10-11)15-3)6-4-5-9-14-2/h4,6-8,10,14H,5,9H2,1-3H3. The van der Waals surface area contributed by atoms with E-state index in [-0.39, 0.29) is 0 Å². The summed E-state index contributed by atoms with van der Waals surface area (Å²) in [4.78, 5) is 0. The molecular formula is C13H19NO. The molecule has 0 aromatic heterocycles. The zero-order chi connectivity index (χ0) is 11.1. The molecule has 0 aliphatic carbocycles. The Hall–Kier alpha value is -1.28. The highest BCUT2D eigenvalue weighted by Crippen LogP contribution is 2.21. The lowest BCUT2D eigenvalue weighted by Gasteiger charge is -2.05. The van der Waals surface area contributed by atoms with Gasteiger partial charge in [0.2, 0.25) is 0 Å². The fraction of sp³-hybridized carbons (Fsp3) is 0.385. The number of nitrogens with one attached hydrogen (secondary N) is 1. The average molecular weight is 205 g/mol. The van der Waals surface area contributed by atoms with Crippen LogP contribution in [-0.2, 0) is 0 Å². The summed E-state index contributed by atoms with van der Waals surface area (Å²) in [5, 5.41) is 3.11. The van der Waals surface area contributed by atoms with Crippen LogP contribution in [0.3, 0.4) is 0 Å². The van der Waals surface area contributed by atoms with Crippen LogP contribution in [0.15, 0.2) is 24.3 Å². The molecule has 1 rings (SSSR count). The van der Waals surface area contributed by atoms with Crippen molar-refractivity contribution >= 4 is 6.08 Å². The van der Waals surface area contributed by atoms with Gasteiger partial charge < -0.3 is 10.1 Å². The summed E-state index contributed by atoms with van der Waals surface area (Å²) >= 11 is 0. The molecule has 1 N–H and O–H groups in total. The average Bonchev–Trinajstić information content (AvgIpc) is 2.26. The minimum absolute atomic E-state index is 0.940. The Bertz CT molecular complexity index is 331. The van der Waals surface area contributed by atoms with Crippen molar-refractivity contribution in [2.24, 2.45) is 0 Å². The molecule has 1 aromatic carbocycles. The van der Waals surface area contributed by atoms with Crippen molar-refractivity contribution in [2.75, 3.05) is 20.7 Å². The fourth-order valence-corrected chi connectivity index (χ4v) is 1.39. The first-order chi connectivity index (χ1) is 7.27. The van der Waals surface area contributed by atoms with Crippen molar-refractivity contribution in [3.8, 4) is 5.75 Å². The van der Waals surface area contributed by atoms with Crippen LogP contribution >= 0.6 is 0 Å². The van der Waals surface area contributed by atoms with Crippen LogP contribution in [0.4, 0.5) is 0 Å². The topological polar surface area (TPSA) is 21.3 Å². The Labute approximate surface area is 92.0 Å². The predicted molar refractivity (Wildman–Crippen MR) is 65.3 cm³/mol. The van der Waals surface area contributed by atoms with Gasteiger partial charge >= 0.3 is 0 Å². The van der Waals surface area contributed by atoms with Crippen molar-refractivity contribution in [2.45, 2.75) is 13.3 Å². The highest BCUT2D eigenvalue weighted by atomic mass is 16.5. The van der Waals surface area contributed by atoms with E-state index in [2.05, 4.69) is 42.6 Å². The van der Waals surface area contributed by atoms with Crippen LogP contribution in [0.5, 0.6) is 5.75 Å². The Kier molecular flexibility index (Phi) is 4.91. The summed E-state index contributed by atoms with van der Waals surface area (Å²) in [5.74, 6) is 0.940. The normalized spacial score (nSPS) is 10.9. The first-order valence-electron chi connectivity index (χ1n) is 5.23. The van der Waals surface area contributed by atoms with Crippen LogP contribution in [0, 0.1) is 6.92 Å². The molecule has 82 valence electrons. The van der Waals surface area contributed by atoms with Crippen molar-refractivity contribution in [1.82, 2.24) is 5.32 Å². The lowest BCUT2D eigenvalue weighted by molar-refractivity contribution is 0.413. The molecule has 15 heavy (non-hydrogen) atoms. The highest BCUT2D eigenvalue weighted by molar-refractivity contribution is 5.58. The van der Waals surface area contributed by atoms with E-state index >= 15 is 0 Å². The summed E-state index contributed by atoms with van der Waals surface area (Å²) in [7, 11) is 3.67. The molecule has 0 saturated carbocycles. The third-order valence-electron chi connectivity index (χ3n) is 2.25. The number of hydrogen-bond donors (Lipinski definition) is 1. The largest absolute Gasteiger partial charge is 0.496 e. The molecule has 0 heterocycles. The van der Waals surface area contributed by atoms with Gasteiger partial charge in [0, 0.05) is 5.56 Å². The van der Waals surface area contributed by atoms with Gasteiger partial charge in [-0.05, 0) is 38.6 Å². The number of aryl methyl sites for hydroxylation is 1. The van der Waals surface area contributed by atoms with Gasteiger partial charge in [-0.1, -0.05) is 24.3 Å². The van der Waals surface area contributed by atoms with Crippen LogP contribution in [0.2, 0.25) is 0 Å². The number of methoxy groups -OCH3 is 1. The van der Waals surface area contributed by atoms with Crippen LogP contribution in [-0.4, -0.2) is 20.7 Å². The van der Waals surface area contributed by atoms with Gasteiger partial charge in [0.25, 0.3) is 0 Å². The van der Waals surface area contributed by atoms with Crippen molar-refractivity contribution in [3.63, 3.8) is 0 Å². The number of hydrogen-bond acceptors (Lipinski definition) is 2. The number of ether oxygens (including phenoxy) is 1. The fourth-order valence-electron chi connectivity index (χ4n) is 1.39. The Morgan fingerprint density at radius 2 is 2.20 bits per heavy atom. The Morgan fingerprint density at radius 1 is 1.40 bits per heavy atom. The third kappa shape index (κ3) is 3.76. The van der Waals surface area contributed by atoms with Gasteiger partial charge in [-0.25, -0.2) is 0 Å². The second-order valence-corrected chi connectivity index (χ2v) is 3.54. The van der Waals surface area contributed by atoms with E-state index in [9.17, 15) is 0 Å². The van der Waals surface area contributed by atoms with Gasteiger partial charge in [-0.2, -0.15) is 0 Å². The first kappa shape index (κ1) is 11.8. The number of benzene rings is 1. The van der Waals surface area contributed by atoms with Crippen molar-refractivity contribution in [3.05, 3.63) is 35.4 Å². The van der Waals surface area contributed by atoms with Crippen molar-refractivity contribution in [1.29, 1.82) is 0 Å². The molecule has 0 unspecified atom stereocenters. The molecule has 0 bridgehead atoms. The van der Waals surface area contributed by atoms with Gasteiger partial charge in [-0.15, -0.1) is 0 Å². The molecule has 2 nitrogen and oxygen atoms in total. The van der Waals surface area contributed by atoms with Gasteiger partial charge in [-0.3, -0.25) is 0 Å². The van der Waals surface area contributed by atoms with E-state index in [1.807, 2.05) is 7.05 Å². The molecule has 0 radical (unpaired) electrons. The van der Waals surface area contributed by atoms with E-state index in [0.29, 0.717) is 0 Å². The Balaban J connectivity index is 2.71. The van der Waals surface area contributed by atoms with Crippen molar-refractivity contribution < 1.29 is 4.74 Å². The number of rotatable bonds is 5. The SMILES string of the molecule is CNCCC=Cc1ccc(C)cc1OC. The summed E-state index contributed by atoms with van der Waals surface area (Å²) in [6, 6.07) is 6.24. The van der Waals surface area contributed by atoms with Gasteiger partial charge in [0.05, 0.1) is 7.11 Å². The molecule has 2 heteroatoms. The zero-order valence-corrected chi connectivity index (χ0v) is 9.71. The zero-order valence-electron chi connectivity index (χ0n) is 9.71. The lowest BCUT2D eigenvalue weighted by Crippen LogP contribution is -2.05. The maximum absolute atomic E-state index is 5.32. The summed E-state index contributed by atoms with van der Waals surface area (Å²) < 4.78 is 5.32. The smallest absolute Gasteiger partial charge is 0.126 e. The second kappa shape index (κ2) is 6.25. The van der Waals surface area contributed by atoms with Gasteiger partial charge in [0.15, 0.2) is 0 Å².